The van der Waals surface area contributed by atoms with Crippen molar-refractivity contribution in [2.24, 2.45) is 17.3 Å². The van der Waals surface area contributed by atoms with Crippen LogP contribution in [0.2, 0.25) is 0 Å². The van der Waals surface area contributed by atoms with Gasteiger partial charge in [-0.3, -0.25) is 9.59 Å². The van der Waals surface area contributed by atoms with E-state index in [2.05, 4.69) is 5.32 Å². The predicted octanol–water partition coefficient (Wildman–Crippen LogP) is 2.84. The van der Waals surface area contributed by atoms with E-state index in [1.54, 1.807) is 13.0 Å². The Morgan fingerprint density at radius 3 is 2.57 bits per heavy atom. The van der Waals surface area contributed by atoms with Gasteiger partial charge in [0.05, 0.1) is 11.5 Å². The highest BCUT2D eigenvalue weighted by Crippen LogP contribution is 2.45. The second-order valence-corrected chi connectivity index (χ2v) is 6.60. The molecular formula is C16H23NO4. The van der Waals surface area contributed by atoms with E-state index in [4.69, 9.17) is 4.42 Å². The molecule has 0 aliphatic heterocycles. The lowest BCUT2D eigenvalue weighted by Crippen LogP contribution is -2.52. The van der Waals surface area contributed by atoms with E-state index in [0.717, 1.165) is 0 Å². The van der Waals surface area contributed by atoms with Crippen LogP contribution in [0.5, 0.6) is 0 Å². The van der Waals surface area contributed by atoms with Crippen molar-refractivity contribution in [1.82, 2.24) is 5.32 Å². The van der Waals surface area contributed by atoms with Crippen molar-refractivity contribution in [2.75, 3.05) is 0 Å². The number of aliphatic carboxylic acids is 1. The van der Waals surface area contributed by atoms with Gasteiger partial charge < -0.3 is 14.8 Å². The fourth-order valence-electron chi connectivity index (χ4n) is 3.26. The molecule has 5 heteroatoms. The van der Waals surface area contributed by atoms with E-state index in [1.165, 1.54) is 6.26 Å². The summed E-state index contributed by atoms with van der Waals surface area (Å²) in [7, 11) is 0. The Hall–Kier alpha value is -1.78. The Labute approximate surface area is 124 Å². The van der Waals surface area contributed by atoms with Crippen LogP contribution in [0.1, 0.15) is 49.7 Å². The lowest BCUT2D eigenvalue weighted by Gasteiger charge is -2.46. The van der Waals surface area contributed by atoms with Crippen molar-refractivity contribution in [2.45, 2.75) is 46.6 Å². The number of carbonyl (C=O) groups is 2. The van der Waals surface area contributed by atoms with Crippen LogP contribution in [-0.4, -0.2) is 23.0 Å². The van der Waals surface area contributed by atoms with Crippen LogP contribution >= 0.6 is 0 Å². The van der Waals surface area contributed by atoms with Gasteiger partial charge in [-0.25, -0.2) is 0 Å². The third-order valence-corrected chi connectivity index (χ3v) is 5.05. The monoisotopic (exact) mass is 293 g/mol. The standard InChI is InChI=1S/C16H23NO4/c1-9-7-11(8-21-9)14(18)17-13-6-5-12(15(19)20)16(3,4)10(13)2/h7-8,10,12-13H,5-6H2,1-4H3,(H,17,18)(H,19,20). The number of hydrogen-bond donors (Lipinski definition) is 2. The fraction of sp³-hybridized carbons (Fsp3) is 0.625. The quantitative estimate of drug-likeness (QED) is 0.898. The van der Waals surface area contributed by atoms with Gasteiger partial charge in [-0.2, -0.15) is 0 Å². The minimum atomic E-state index is -0.748. The molecular weight excluding hydrogens is 270 g/mol. The molecule has 1 fully saturated rings. The molecule has 1 aromatic heterocycles. The van der Waals surface area contributed by atoms with Crippen LogP contribution in [0.4, 0.5) is 0 Å². The molecule has 2 N–H and O–H groups in total. The highest BCUT2D eigenvalue weighted by molar-refractivity contribution is 5.94. The van der Waals surface area contributed by atoms with Gasteiger partial charge in [0.1, 0.15) is 12.0 Å². The van der Waals surface area contributed by atoms with Gasteiger partial charge in [-0.15, -0.1) is 0 Å². The maximum atomic E-state index is 12.2. The first kappa shape index (κ1) is 15.6. The topological polar surface area (TPSA) is 79.5 Å². The number of carboxylic acid groups (broad SMARTS) is 1. The van der Waals surface area contributed by atoms with E-state index >= 15 is 0 Å². The molecule has 116 valence electrons. The van der Waals surface area contributed by atoms with E-state index < -0.39 is 5.97 Å². The van der Waals surface area contributed by atoms with E-state index in [-0.39, 0.29) is 29.2 Å². The molecule has 1 aromatic rings. The lowest BCUT2D eigenvalue weighted by molar-refractivity contribution is -0.150. The lowest BCUT2D eigenvalue weighted by atomic mass is 9.61. The van der Waals surface area contributed by atoms with E-state index in [0.29, 0.717) is 24.2 Å². The molecule has 3 atom stereocenters. The zero-order valence-electron chi connectivity index (χ0n) is 13.0. The largest absolute Gasteiger partial charge is 0.481 e. The third kappa shape index (κ3) is 2.96. The van der Waals surface area contributed by atoms with Crippen LogP contribution < -0.4 is 5.32 Å². The summed E-state index contributed by atoms with van der Waals surface area (Å²) in [5.74, 6) is -0.486. The third-order valence-electron chi connectivity index (χ3n) is 5.05. The molecule has 1 aliphatic rings. The number of furan rings is 1. The number of hydrogen-bond acceptors (Lipinski definition) is 3. The predicted molar refractivity (Wildman–Crippen MR) is 78.0 cm³/mol. The molecule has 1 amide bonds. The summed E-state index contributed by atoms with van der Waals surface area (Å²) in [6.07, 6.45) is 2.72. The average Bonchev–Trinajstić information content (AvgIpc) is 2.81. The molecule has 1 saturated carbocycles. The number of carboxylic acids is 1. The van der Waals surface area contributed by atoms with Gasteiger partial charge in [-0.05, 0) is 37.2 Å². The maximum Gasteiger partial charge on any atom is 0.307 e. The normalized spacial score (nSPS) is 28.1. The molecule has 1 aliphatic carbocycles. The minimum absolute atomic E-state index is 0.0155. The Balaban J connectivity index is 2.09. The van der Waals surface area contributed by atoms with Crippen LogP contribution in [0.15, 0.2) is 16.7 Å². The van der Waals surface area contributed by atoms with Crippen molar-refractivity contribution in [1.29, 1.82) is 0 Å². The first-order chi connectivity index (χ1) is 9.73. The van der Waals surface area contributed by atoms with Gasteiger partial charge in [-0.1, -0.05) is 20.8 Å². The van der Waals surface area contributed by atoms with Crippen molar-refractivity contribution in [3.8, 4) is 0 Å². The smallest absolute Gasteiger partial charge is 0.307 e. The molecule has 0 saturated heterocycles. The van der Waals surface area contributed by atoms with Crippen LogP contribution in [-0.2, 0) is 4.79 Å². The minimum Gasteiger partial charge on any atom is -0.481 e. The SMILES string of the molecule is Cc1cc(C(=O)NC2CCC(C(=O)O)C(C)(C)C2C)co1. The highest BCUT2D eigenvalue weighted by atomic mass is 16.4. The number of rotatable bonds is 3. The van der Waals surface area contributed by atoms with Crippen LogP contribution in [0, 0.1) is 24.2 Å². The maximum absolute atomic E-state index is 12.2. The summed E-state index contributed by atoms with van der Waals surface area (Å²) in [6, 6.07) is 1.69. The molecule has 1 heterocycles. The van der Waals surface area contributed by atoms with Crippen molar-refractivity contribution in [3.63, 3.8) is 0 Å². The molecule has 21 heavy (non-hydrogen) atoms. The summed E-state index contributed by atoms with van der Waals surface area (Å²) in [4.78, 5) is 23.6. The second-order valence-electron chi connectivity index (χ2n) is 6.60. The molecule has 0 aromatic carbocycles. The number of amides is 1. The molecule has 0 radical (unpaired) electrons. The number of aryl methyl sites for hydroxylation is 1. The molecule has 2 rings (SSSR count). The summed E-state index contributed by atoms with van der Waals surface area (Å²) < 4.78 is 5.15. The first-order valence-electron chi connectivity index (χ1n) is 7.32. The van der Waals surface area contributed by atoms with Crippen LogP contribution in [0.25, 0.3) is 0 Å². The van der Waals surface area contributed by atoms with Crippen molar-refractivity contribution >= 4 is 11.9 Å². The number of carbonyl (C=O) groups excluding carboxylic acids is 1. The average molecular weight is 293 g/mol. The zero-order valence-corrected chi connectivity index (χ0v) is 13.0. The Kier molecular flexibility index (Phi) is 4.12. The van der Waals surface area contributed by atoms with E-state index in [9.17, 15) is 14.7 Å². The molecule has 0 spiro atoms. The van der Waals surface area contributed by atoms with Crippen molar-refractivity contribution in [3.05, 3.63) is 23.7 Å². The van der Waals surface area contributed by atoms with Gasteiger partial charge in [0.2, 0.25) is 0 Å². The van der Waals surface area contributed by atoms with Crippen molar-refractivity contribution < 1.29 is 19.1 Å². The fourth-order valence-corrected chi connectivity index (χ4v) is 3.26. The number of nitrogens with one attached hydrogen (secondary N) is 1. The summed E-state index contributed by atoms with van der Waals surface area (Å²) in [5.41, 5.74) is 0.159. The molecule has 5 nitrogen and oxygen atoms in total. The molecule has 3 unspecified atom stereocenters. The Bertz CT molecular complexity index is 546. The summed E-state index contributed by atoms with van der Waals surface area (Å²) in [6.45, 7) is 7.74. The first-order valence-corrected chi connectivity index (χ1v) is 7.32. The van der Waals surface area contributed by atoms with Gasteiger partial charge in [0.15, 0.2) is 0 Å². The van der Waals surface area contributed by atoms with E-state index in [1.807, 2.05) is 20.8 Å². The molecule has 0 bridgehead atoms. The summed E-state index contributed by atoms with van der Waals surface area (Å²) >= 11 is 0. The van der Waals surface area contributed by atoms with Crippen LogP contribution in [0.3, 0.4) is 0 Å². The highest BCUT2D eigenvalue weighted by Gasteiger charge is 2.46. The van der Waals surface area contributed by atoms with Gasteiger partial charge in [0, 0.05) is 6.04 Å². The second kappa shape index (κ2) is 5.54. The Morgan fingerprint density at radius 1 is 1.38 bits per heavy atom. The zero-order chi connectivity index (χ0) is 15.8. The van der Waals surface area contributed by atoms with Gasteiger partial charge >= 0.3 is 5.97 Å². The summed E-state index contributed by atoms with van der Waals surface area (Å²) in [5, 5.41) is 12.4. The Morgan fingerprint density at radius 2 is 2.05 bits per heavy atom. The van der Waals surface area contributed by atoms with Gasteiger partial charge in [0.25, 0.3) is 5.91 Å².